The molecule has 0 bridgehead atoms. The van der Waals surface area contributed by atoms with Gasteiger partial charge in [-0.05, 0) is 15.9 Å². The van der Waals surface area contributed by atoms with Crippen molar-refractivity contribution in [3.8, 4) is 0 Å². The van der Waals surface area contributed by atoms with E-state index in [1.165, 1.54) is 16.3 Å². The minimum Gasteiger partial charge on any atom is -0.233 e. The van der Waals surface area contributed by atoms with Crippen LogP contribution in [0.2, 0.25) is 0 Å². The molecule has 4 heteroatoms. The van der Waals surface area contributed by atoms with Gasteiger partial charge in [0.05, 0.1) is 5.69 Å². The van der Waals surface area contributed by atoms with E-state index in [2.05, 4.69) is 20.9 Å². The van der Waals surface area contributed by atoms with E-state index >= 15 is 0 Å². The van der Waals surface area contributed by atoms with Crippen LogP contribution in [0.25, 0.3) is 0 Å². The molecule has 0 amide bonds. The summed E-state index contributed by atoms with van der Waals surface area (Å²) in [5, 5.41) is 0. The van der Waals surface area contributed by atoms with Crippen molar-refractivity contribution in [1.29, 1.82) is 0 Å². The fraction of sp³-hybridized carbons (Fsp3) is 0.400. The summed E-state index contributed by atoms with van der Waals surface area (Å²) < 4.78 is 1.04. The Balaban J connectivity index is 2.51. The van der Waals surface area contributed by atoms with Gasteiger partial charge in [0.1, 0.15) is 0 Å². The van der Waals surface area contributed by atoms with Crippen molar-refractivity contribution in [2.75, 3.05) is 0 Å². The molecule has 0 saturated heterocycles. The van der Waals surface area contributed by atoms with Gasteiger partial charge in [0, 0.05) is 16.4 Å². The molecule has 0 radical (unpaired) electrons. The zero-order chi connectivity index (χ0) is 6.27. The average Bonchev–Trinajstić information content (AvgIpc) is 2.22. The van der Waals surface area contributed by atoms with Gasteiger partial charge in [0.25, 0.3) is 0 Å². The highest BCUT2D eigenvalue weighted by molar-refractivity contribution is 9.11. The predicted octanol–water partition coefficient (Wildman–Crippen LogP) is 2.65. The molecular weight excluding hydrogens is 218 g/mol. The van der Waals surface area contributed by atoms with E-state index in [4.69, 9.17) is 0 Å². The lowest BCUT2D eigenvalue weighted by Gasteiger charge is -1.79. The molecular formula is C5H4BrNS2. The number of thiazole rings is 1. The van der Waals surface area contributed by atoms with E-state index in [0.717, 1.165) is 9.67 Å². The van der Waals surface area contributed by atoms with E-state index in [9.17, 15) is 0 Å². The second-order valence-electron chi connectivity index (χ2n) is 1.83. The molecule has 0 unspecified atom stereocenters. The summed E-state index contributed by atoms with van der Waals surface area (Å²) in [5.74, 6) is 2.27. The highest BCUT2D eigenvalue weighted by atomic mass is 79.9. The molecule has 1 aliphatic heterocycles. The normalized spacial score (nSPS) is 16.1. The molecule has 0 N–H and O–H groups in total. The monoisotopic (exact) mass is 221 g/mol. The van der Waals surface area contributed by atoms with Crippen LogP contribution in [0.5, 0.6) is 0 Å². The zero-order valence-corrected chi connectivity index (χ0v) is 7.77. The molecule has 1 aliphatic rings. The Morgan fingerprint density at radius 1 is 1.44 bits per heavy atom. The van der Waals surface area contributed by atoms with Crippen molar-refractivity contribution in [3.05, 3.63) is 14.5 Å². The van der Waals surface area contributed by atoms with E-state index < -0.39 is 0 Å². The van der Waals surface area contributed by atoms with Gasteiger partial charge < -0.3 is 0 Å². The van der Waals surface area contributed by atoms with Crippen LogP contribution >= 0.6 is 39.0 Å². The lowest BCUT2D eigenvalue weighted by Crippen LogP contribution is -1.73. The number of hydrogen-bond donors (Lipinski definition) is 0. The summed E-state index contributed by atoms with van der Waals surface area (Å²) in [5.41, 5.74) is 1.29. The van der Waals surface area contributed by atoms with Crippen LogP contribution < -0.4 is 0 Å². The molecule has 0 aromatic carbocycles. The van der Waals surface area contributed by atoms with Crippen molar-refractivity contribution in [2.45, 2.75) is 11.5 Å². The Kier molecular flexibility index (Phi) is 1.55. The number of halogens is 1. The van der Waals surface area contributed by atoms with E-state index in [0.29, 0.717) is 0 Å². The van der Waals surface area contributed by atoms with Gasteiger partial charge in [-0.1, -0.05) is 0 Å². The van der Waals surface area contributed by atoms with Gasteiger partial charge in [0.2, 0.25) is 0 Å². The number of rotatable bonds is 0. The van der Waals surface area contributed by atoms with Crippen LogP contribution in [-0.4, -0.2) is 4.98 Å². The molecule has 1 aromatic heterocycles. The quantitative estimate of drug-likeness (QED) is 0.669. The van der Waals surface area contributed by atoms with Crippen LogP contribution in [0, 0.1) is 0 Å². The molecule has 0 saturated carbocycles. The summed E-state index contributed by atoms with van der Waals surface area (Å²) >= 11 is 7.06. The van der Waals surface area contributed by atoms with Gasteiger partial charge in [-0.3, -0.25) is 0 Å². The van der Waals surface area contributed by atoms with E-state index in [-0.39, 0.29) is 0 Å². The minimum atomic E-state index is 1.04. The molecule has 9 heavy (non-hydrogen) atoms. The Hall–Kier alpha value is 0.460. The third-order valence-corrected chi connectivity index (χ3v) is 3.93. The largest absolute Gasteiger partial charge is 0.233 e. The molecule has 0 spiro atoms. The zero-order valence-electron chi connectivity index (χ0n) is 4.56. The lowest BCUT2D eigenvalue weighted by atomic mass is 10.4. The Morgan fingerprint density at radius 3 is 3.11 bits per heavy atom. The van der Waals surface area contributed by atoms with E-state index in [1.807, 2.05) is 11.8 Å². The first-order chi connectivity index (χ1) is 4.36. The first kappa shape index (κ1) is 6.19. The fourth-order valence-corrected chi connectivity index (χ4v) is 3.68. The summed E-state index contributed by atoms with van der Waals surface area (Å²) in [6, 6.07) is 0. The van der Waals surface area contributed by atoms with Gasteiger partial charge in [-0.15, -0.1) is 23.1 Å². The minimum absolute atomic E-state index is 1.04. The van der Waals surface area contributed by atoms with Gasteiger partial charge in [-0.25, -0.2) is 4.98 Å². The molecule has 48 valence electrons. The SMILES string of the molecule is Brc1nc2c(s1)CSC2. The van der Waals surface area contributed by atoms with Crippen molar-refractivity contribution in [2.24, 2.45) is 0 Å². The topological polar surface area (TPSA) is 12.9 Å². The Labute approximate surface area is 70.0 Å². The van der Waals surface area contributed by atoms with Crippen LogP contribution in [-0.2, 0) is 11.5 Å². The second-order valence-corrected chi connectivity index (χ2v) is 5.17. The molecule has 1 nitrogen and oxygen atoms in total. The Morgan fingerprint density at radius 2 is 2.33 bits per heavy atom. The Bertz CT molecular complexity index is 211. The van der Waals surface area contributed by atoms with Gasteiger partial charge in [0.15, 0.2) is 3.92 Å². The fourth-order valence-electron chi connectivity index (χ4n) is 0.818. The molecule has 0 atom stereocenters. The molecule has 2 heterocycles. The third-order valence-electron chi connectivity index (χ3n) is 1.22. The number of hydrogen-bond acceptors (Lipinski definition) is 3. The first-order valence-corrected chi connectivity index (χ1v) is 5.34. The van der Waals surface area contributed by atoms with Crippen molar-refractivity contribution >= 4 is 39.0 Å². The third kappa shape index (κ3) is 1.04. The number of fused-ring (bicyclic) bond motifs is 1. The van der Waals surface area contributed by atoms with Gasteiger partial charge >= 0.3 is 0 Å². The molecule has 1 aromatic rings. The van der Waals surface area contributed by atoms with Crippen molar-refractivity contribution < 1.29 is 0 Å². The highest BCUT2D eigenvalue weighted by Gasteiger charge is 2.15. The first-order valence-electron chi connectivity index (χ1n) is 2.58. The maximum absolute atomic E-state index is 4.31. The number of thioether (sulfide) groups is 1. The van der Waals surface area contributed by atoms with Crippen LogP contribution in [0.1, 0.15) is 10.6 Å². The predicted molar refractivity (Wildman–Crippen MR) is 44.8 cm³/mol. The molecule has 0 aliphatic carbocycles. The summed E-state index contributed by atoms with van der Waals surface area (Å²) in [4.78, 5) is 5.76. The number of aromatic nitrogens is 1. The lowest BCUT2D eigenvalue weighted by molar-refractivity contribution is 1.21. The number of nitrogens with zero attached hydrogens (tertiary/aromatic N) is 1. The van der Waals surface area contributed by atoms with Crippen LogP contribution in [0.15, 0.2) is 3.92 Å². The standard InChI is InChI=1S/C5H4BrNS2/c6-5-7-3-1-8-2-4(3)9-5/h1-2H2. The molecule has 0 fully saturated rings. The summed E-state index contributed by atoms with van der Waals surface area (Å²) in [6.07, 6.45) is 0. The highest BCUT2D eigenvalue weighted by Crippen LogP contribution is 2.35. The van der Waals surface area contributed by atoms with Crippen LogP contribution in [0.3, 0.4) is 0 Å². The second kappa shape index (κ2) is 2.25. The maximum Gasteiger partial charge on any atom is 0.159 e. The van der Waals surface area contributed by atoms with Crippen molar-refractivity contribution in [3.63, 3.8) is 0 Å². The van der Waals surface area contributed by atoms with Crippen LogP contribution in [0.4, 0.5) is 0 Å². The van der Waals surface area contributed by atoms with E-state index in [1.54, 1.807) is 11.3 Å². The average molecular weight is 222 g/mol. The van der Waals surface area contributed by atoms with Gasteiger partial charge in [-0.2, -0.15) is 0 Å². The smallest absolute Gasteiger partial charge is 0.159 e. The maximum atomic E-state index is 4.31. The summed E-state index contributed by atoms with van der Waals surface area (Å²) in [7, 11) is 0. The summed E-state index contributed by atoms with van der Waals surface area (Å²) in [6.45, 7) is 0. The van der Waals surface area contributed by atoms with Crippen molar-refractivity contribution in [1.82, 2.24) is 4.98 Å². The molecule has 2 rings (SSSR count).